The molecule has 2 atom stereocenters. The topological polar surface area (TPSA) is 55.1 Å². The van der Waals surface area contributed by atoms with Gasteiger partial charge in [-0.3, -0.25) is 4.79 Å². The summed E-state index contributed by atoms with van der Waals surface area (Å²) in [6.45, 7) is 1.98. The fourth-order valence-corrected chi connectivity index (χ4v) is 2.57. The van der Waals surface area contributed by atoms with Crippen LogP contribution >= 0.6 is 23.5 Å². The Bertz CT molecular complexity index is 395. The highest BCUT2D eigenvalue weighted by atomic mass is 32.2. The average Bonchev–Trinajstić information content (AvgIpc) is 2.44. The van der Waals surface area contributed by atoms with Crippen molar-refractivity contribution in [3.63, 3.8) is 0 Å². The van der Waals surface area contributed by atoms with E-state index in [4.69, 9.17) is 5.73 Å². The molecule has 19 heavy (non-hydrogen) atoms. The Morgan fingerprint density at radius 3 is 2.47 bits per heavy atom. The van der Waals surface area contributed by atoms with Crippen molar-refractivity contribution in [2.24, 2.45) is 5.73 Å². The fraction of sp³-hybridized carbons (Fsp3) is 0.500. The highest BCUT2D eigenvalue weighted by Gasteiger charge is 2.16. The van der Waals surface area contributed by atoms with Gasteiger partial charge >= 0.3 is 0 Å². The van der Waals surface area contributed by atoms with Crippen LogP contribution in [0.2, 0.25) is 0 Å². The molecule has 0 saturated carbocycles. The Balaban J connectivity index is 2.53. The van der Waals surface area contributed by atoms with E-state index in [0.717, 1.165) is 11.3 Å². The molecule has 0 aliphatic carbocycles. The molecule has 0 heterocycles. The number of amides is 1. The molecule has 1 aromatic carbocycles. The molecule has 0 bridgehead atoms. The van der Waals surface area contributed by atoms with Gasteiger partial charge in [-0.1, -0.05) is 12.1 Å². The summed E-state index contributed by atoms with van der Waals surface area (Å²) < 4.78 is 0. The van der Waals surface area contributed by atoms with Gasteiger partial charge in [0.25, 0.3) is 0 Å². The van der Waals surface area contributed by atoms with Crippen molar-refractivity contribution in [3.8, 4) is 0 Å². The van der Waals surface area contributed by atoms with Gasteiger partial charge in [0.05, 0.1) is 12.1 Å². The van der Waals surface area contributed by atoms with Gasteiger partial charge in [-0.15, -0.1) is 11.8 Å². The zero-order valence-corrected chi connectivity index (χ0v) is 13.3. The van der Waals surface area contributed by atoms with E-state index in [-0.39, 0.29) is 11.9 Å². The van der Waals surface area contributed by atoms with Crippen LogP contribution < -0.4 is 11.1 Å². The first-order chi connectivity index (χ1) is 9.08. The van der Waals surface area contributed by atoms with E-state index in [1.165, 1.54) is 4.90 Å². The molecule has 0 spiro atoms. The number of nitrogens with two attached hydrogens (primary N) is 1. The van der Waals surface area contributed by atoms with Gasteiger partial charge in [0.15, 0.2) is 0 Å². The van der Waals surface area contributed by atoms with Crippen LogP contribution in [-0.4, -0.2) is 30.2 Å². The SMILES string of the molecule is CSCC[C@@H](N)C(=O)NC(C)c1ccc(SC)cc1. The van der Waals surface area contributed by atoms with Crippen molar-refractivity contribution in [1.29, 1.82) is 0 Å². The Morgan fingerprint density at radius 2 is 1.95 bits per heavy atom. The van der Waals surface area contributed by atoms with Crippen LogP contribution in [0, 0.1) is 0 Å². The van der Waals surface area contributed by atoms with Crippen LogP contribution in [0.1, 0.15) is 24.9 Å². The summed E-state index contributed by atoms with van der Waals surface area (Å²) in [6, 6.07) is 7.80. The molecule has 1 rings (SSSR count). The van der Waals surface area contributed by atoms with Crippen LogP contribution in [0.3, 0.4) is 0 Å². The summed E-state index contributed by atoms with van der Waals surface area (Å²) in [4.78, 5) is 13.1. The van der Waals surface area contributed by atoms with Gasteiger partial charge in [-0.2, -0.15) is 11.8 Å². The minimum atomic E-state index is -0.416. The second-order valence-electron chi connectivity index (χ2n) is 4.39. The number of nitrogens with one attached hydrogen (secondary N) is 1. The number of carbonyl (C=O) groups excluding carboxylic acids is 1. The Morgan fingerprint density at radius 1 is 1.32 bits per heavy atom. The molecule has 3 nitrogen and oxygen atoms in total. The minimum Gasteiger partial charge on any atom is -0.348 e. The standard InChI is InChI=1S/C14H22N2OS2/c1-10(11-4-6-12(19-3)7-5-11)16-14(17)13(15)8-9-18-2/h4-7,10,13H,8-9,15H2,1-3H3,(H,16,17)/t10?,13-/m1/s1. The summed E-state index contributed by atoms with van der Waals surface area (Å²) in [6.07, 6.45) is 4.77. The lowest BCUT2D eigenvalue weighted by Gasteiger charge is -2.18. The van der Waals surface area contributed by atoms with E-state index in [0.29, 0.717) is 6.42 Å². The zero-order chi connectivity index (χ0) is 14.3. The van der Waals surface area contributed by atoms with Crippen molar-refractivity contribution in [2.75, 3.05) is 18.3 Å². The number of hydrogen-bond donors (Lipinski definition) is 2. The van der Waals surface area contributed by atoms with Crippen molar-refractivity contribution in [3.05, 3.63) is 29.8 Å². The zero-order valence-electron chi connectivity index (χ0n) is 11.7. The number of hydrogen-bond acceptors (Lipinski definition) is 4. The molecule has 0 aliphatic heterocycles. The average molecular weight is 298 g/mol. The van der Waals surface area contributed by atoms with E-state index in [9.17, 15) is 4.79 Å². The van der Waals surface area contributed by atoms with Crippen LogP contribution in [0.25, 0.3) is 0 Å². The van der Waals surface area contributed by atoms with Gasteiger partial charge in [0.1, 0.15) is 0 Å². The fourth-order valence-electron chi connectivity index (χ4n) is 1.67. The van der Waals surface area contributed by atoms with Crippen LogP contribution in [0.15, 0.2) is 29.2 Å². The molecule has 106 valence electrons. The van der Waals surface area contributed by atoms with Gasteiger partial charge < -0.3 is 11.1 Å². The lowest BCUT2D eigenvalue weighted by molar-refractivity contribution is -0.123. The smallest absolute Gasteiger partial charge is 0.237 e. The summed E-state index contributed by atoms with van der Waals surface area (Å²) >= 11 is 3.41. The Kier molecular flexibility index (Phi) is 7.34. The number of carbonyl (C=O) groups is 1. The molecular formula is C14H22N2OS2. The molecule has 5 heteroatoms. The molecule has 0 fully saturated rings. The van der Waals surface area contributed by atoms with E-state index in [1.54, 1.807) is 23.5 Å². The minimum absolute atomic E-state index is 0.0104. The predicted octanol–water partition coefficient (Wildman–Crippen LogP) is 2.67. The summed E-state index contributed by atoms with van der Waals surface area (Å²) in [5.41, 5.74) is 6.95. The molecule has 3 N–H and O–H groups in total. The summed E-state index contributed by atoms with van der Waals surface area (Å²) in [5.74, 6) is 0.835. The normalized spacial score (nSPS) is 13.9. The van der Waals surface area contributed by atoms with Gasteiger partial charge in [0.2, 0.25) is 5.91 Å². The quantitative estimate of drug-likeness (QED) is 0.760. The third-order valence-corrected chi connectivity index (χ3v) is 4.33. The molecule has 0 radical (unpaired) electrons. The molecule has 0 aliphatic rings. The van der Waals surface area contributed by atoms with Crippen LogP contribution in [0.5, 0.6) is 0 Å². The van der Waals surface area contributed by atoms with Crippen molar-refractivity contribution in [2.45, 2.75) is 30.3 Å². The highest BCUT2D eigenvalue weighted by Crippen LogP contribution is 2.18. The molecule has 0 aromatic heterocycles. The monoisotopic (exact) mass is 298 g/mol. The lowest BCUT2D eigenvalue weighted by atomic mass is 10.1. The number of benzene rings is 1. The second-order valence-corrected chi connectivity index (χ2v) is 6.26. The van der Waals surface area contributed by atoms with Crippen LogP contribution in [0.4, 0.5) is 0 Å². The van der Waals surface area contributed by atoms with Crippen molar-refractivity contribution in [1.82, 2.24) is 5.32 Å². The number of thioether (sulfide) groups is 2. The van der Waals surface area contributed by atoms with Crippen molar-refractivity contribution < 1.29 is 4.79 Å². The summed E-state index contributed by atoms with van der Waals surface area (Å²) in [7, 11) is 0. The molecule has 1 aromatic rings. The predicted molar refractivity (Wildman–Crippen MR) is 85.8 cm³/mol. The van der Waals surface area contributed by atoms with Gasteiger partial charge in [-0.25, -0.2) is 0 Å². The molecule has 1 unspecified atom stereocenters. The van der Waals surface area contributed by atoms with E-state index in [2.05, 4.69) is 17.4 Å². The molecular weight excluding hydrogens is 276 g/mol. The summed E-state index contributed by atoms with van der Waals surface area (Å²) in [5, 5.41) is 2.96. The lowest BCUT2D eigenvalue weighted by Crippen LogP contribution is -2.41. The maximum Gasteiger partial charge on any atom is 0.237 e. The largest absolute Gasteiger partial charge is 0.348 e. The Labute approximate surface area is 124 Å². The van der Waals surface area contributed by atoms with Gasteiger partial charge in [-0.05, 0) is 49.3 Å². The first-order valence-corrected chi connectivity index (χ1v) is 8.89. The van der Waals surface area contributed by atoms with Crippen LogP contribution in [-0.2, 0) is 4.79 Å². The molecule has 1 amide bonds. The van der Waals surface area contributed by atoms with E-state index >= 15 is 0 Å². The molecule has 0 saturated heterocycles. The van der Waals surface area contributed by atoms with Gasteiger partial charge in [0, 0.05) is 4.90 Å². The van der Waals surface area contributed by atoms with Crippen molar-refractivity contribution >= 4 is 29.4 Å². The highest BCUT2D eigenvalue weighted by molar-refractivity contribution is 7.98. The third-order valence-electron chi connectivity index (χ3n) is 2.94. The maximum atomic E-state index is 11.9. The third kappa shape index (κ3) is 5.47. The first kappa shape index (κ1) is 16.4. The number of rotatable bonds is 7. The first-order valence-electron chi connectivity index (χ1n) is 6.27. The van der Waals surface area contributed by atoms with E-state index < -0.39 is 6.04 Å². The van der Waals surface area contributed by atoms with E-state index in [1.807, 2.05) is 31.6 Å². The maximum absolute atomic E-state index is 11.9. The second kappa shape index (κ2) is 8.51. The Hall–Kier alpha value is -0.650.